The van der Waals surface area contributed by atoms with E-state index >= 15 is 0 Å². The maximum atomic E-state index is 10.8. The van der Waals surface area contributed by atoms with Gasteiger partial charge in [0, 0.05) is 0 Å². The van der Waals surface area contributed by atoms with Crippen LogP contribution in [0.1, 0.15) is 32.6 Å². The van der Waals surface area contributed by atoms with E-state index in [0.717, 1.165) is 19.3 Å². The lowest BCUT2D eigenvalue weighted by Gasteiger charge is -2.03. The van der Waals surface area contributed by atoms with Crippen molar-refractivity contribution in [3.05, 3.63) is 0 Å². The molecule has 0 aliphatic rings. The van der Waals surface area contributed by atoms with Gasteiger partial charge in [0.05, 0.1) is 0 Å². The molecule has 3 N–H and O–H groups in total. The summed E-state index contributed by atoms with van der Waals surface area (Å²) < 4.78 is 0. The Morgan fingerprint density at radius 1 is 1.60 bits per heavy atom. The first-order valence-electron chi connectivity index (χ1n) is 3.68. The molecule has 0 saturated heterocycles. The van der Waals surface area contributed by atoms with Crippen LogP contribution in [0.3, 0.4) is 0 Å². The SMILES string of the molecule is CCCCCC([O])C(=N)N. The van der Waals surface area contributed by atoms with Crippen molar-refractivity contribution in [3.63, 3.8) is 0 Å². The molecule has 0 aliphatic carbocycles. The van der Waals surface area contributed by atoms with E-state index in [1.165, 1.54) is 0 Å². The van der Waals surface area contributed by atoms with Gasteiger partial charge < -0.3 is 5.73 Å². The minimum atomic E-state index is -0.966. The standard InChI is InChI=1S/C7H15N2O/c1-2-3-4-5-6(10)7(8)9/h6H,2-5H2,1H3,(H3,8,9). The molecule has 1 unspecified atom stereocenters. The molecule has 0 saturated carbocycles. The first-order valence-corrected chi connectivity index (χ1v) is 3.68. The van der Waals surface area contributed by atoms with Crippen molar-refractivity contribution >= 4 is 5.84 Å². The molecular formula is C7H15N2O. The Labute approximate surface area is 61.7 Å². The average molecular weight is 143 g/mol. The van der Waals surface area contributed by atoms with Gasteiger partial charge in [0.25, 0.3) is 0 Å². The summed E-state index contributed by atoms with van der Waals surface area (Å²) in [5.41, 5.74) is 4.99. The number of hydrogen-bond acceptors (Lipinski definition) is 1. The Balaban J connectivity index is 3.21. The van der Waals surface area contributed by atoms with Crippen molar-refractivity contribution in [1.29, 1.82) is 5.41 Å². The second-order valence-electron chi connectivity index (χ2n) is 2.44. The van der Waals surface area contributed by atoms with Gasteiger partial charge in [0.2, 0.25) is 0 Å². The summed E-state index contributed by atoms with van der Waals surface area (Å²) >= 11 is 0. The second-order valence-corrected chi connectivity index (χ2v) is 2.44. The summed E-state index contributed by atoms with van der Waals surface area (Å²) in [5, 5.41) is 17.6. The van der Waals surface area contributed by atoms with E-state index in [4.69, 9.17) is 11.1 Å². The largest absolute Gasteiger partial charge is 0.385 e. The maximum absolute atomic E-state index is 10.8. The molecule has 0 aromatic carbocycles. The molecule has 0 spiro atoms. The quantitative estimate of drug-likeness (QED) is 0.340. The Kier molecular flexibility index (Phi) is 4.94. The van der Waals surface area contributed by atoms with E-state index in [9.17, 15) is 5.11 Å². The minimum absolute atomic E-state index is 0.226. The van der Waals surface area contributed by atoms with Gasteiger partial charge in [-0.05, 0) is 6.42 Å². The molecule has 1 radical (unpaired) electrons. The van der Waals surface area contributed by atoms with E-state index in [2.05, 4.69) is 6.92 Å². The van der Waals surface area contributed by atoms with Crippen LogP contribution in [-0.4, -0.2) is 11.9 Å². The zero-order valence-electron chi connectivity index (χ0n) is 6.39. The van der Waals surface area contributed by atoms with Crippen molar-refractivity contribution in [2.24, 2.45) is 5.73 Å². The molecule has 1 atom stereocenters. The summed E-state index contributed by atoms with van der Waals surface area (Å²) in [4.78, 5) is 0. The van der Waals surface area contributed by atoms with Crippen LogP contribution in [0.5, 0.6) is 0 Å². The number of unbranched alkanes of at least 4 members (excludes halogenated alkanes) is 2. The zero-order chi connectivity index (χ0) is 7.98. The third-order valence-corrected chi connectivity index (χ3v) is 1.42. The first kappa shape index (κ1) is 9.43. The third kappa shape index (κ3) is 4.32. The highest BCUT2D eigenvalue weighted by Crippen LogP contribution is 2.02. The molecule has 0 bridgehead atoms. The highest BCUT2D eigenvalue weighted by molar-refractivity contribution is 5.81. The fourth-order valence-corrected chi connectivity index (χ4v) is 0.735. The summed E-state index contributed by atoms with van der Waals surface area (Å²) in [6.45, 7) is 2.08. The van der Waals surface area contributed by atoms with Crippen LogP contribution in [0, 0.1) is 5.41 Å². The lowest BCUT2D eigenvalue weighted by molar-refractivity contribution is 0.133. The Bertz CT molecular complexity index is 104. The summed E-state index contributed by atoms with van der Waals surface area (Å²) in [6.07, 6.45) is 2.61. The lowest BCUT2D eigenvalue weighted by atomic mass is 10.1. The van der Waals surface area contributed by atoms with E-state index in [-0.39, 0.29) is 5.84 Å². The normalized spacial score (nSPS) is 13.0. The number of nitrogens with two attached hydrogens (primary N) is 1. The first-order chi connectivity index (χ1) is 4.68. The van der Waals surface area contributed by atoms with Crippen molar-refractivity contribution < 1.29 is 5.11 Å². The third-order valence-electron chi connectivity index (χ3n) is 1.42. The molecule has 0 aliphatic heterocycles. The Hall–Kier alpha value is -0.570. The fourth-order valence-electron chi connectivity index (χ4n) is 0.735. The van der Waals surface area contributed by atoms with Crippen molar-refractivity contribution in [2.45, 2.75) is 38.7 Å². The molecule has 0 amide bonds. The highest BCUT2D eigenvalue weighted by Gasteiger charge is 2.07. The molecule has 0 heterocycles. The van der Waals surface area contributed by atoms with E-state index in [1.807, 2.05) is 0 Å². The van der Waals surface area contributed by atoms with E-state index in [0.29, 0.717) is 6.42 Å². The van der Waals surface area contributed by atoms with Gasteiger partial charge in [-0.3, -0.25) is 5.41 Å². The predicted molar refractivity (Wildman–Crippen MR) is 40.5 cm³/mol. The van der Waals surface area contributed by atoms with Gasteiger partial charge in [0.15, 0.2) is 0 Å². The van der Waals surface area contributed by atoms with Crippen LogP contribution >= 0.6 is 0 Å². The molecule has 0 fully saturated rings. The Morgan fingerprint density at radius 3 is 2.60 bits per heavy atom. The van der Waals surface area contributed by atoms with Crippen LogP contribution in [0.25, 0.3) is 0 Å². The van der Waals surface area contributed by atoms with Gasteiger partial charge >= 0.3 is 0 Å². The van der Waals surface area contributed by atoms with E-state index < -0.39 is 6.10 Å². The molecule has 3 nitrogen and oxygen atoms in total. The van der Waals surface area contributed by atoms with Crippen molar-refractivity contribution in [1.82, 2.24) is 0 Å². The molecule has 3 heteroatoms. The topological polar surface area (TPSA) is 69.8 Å². The monoisotopic (exact) mass is 143 g/mol. The van der Waals surface area contributed by atoms with Crippen molar-refractivity contribution in [2.75, 3.05) is 0 Å². The van der Waals surface area contributed by atoms with Crippen molar-refractivity contribution in [3.8, 4) is 0 Å². The summed E-state index contributed by atoms with van der Waals surface area (Å²) in [6, 6.07) is 0. The number of nitrogens with one attached hydrogen (secondary N) is 1. The molecule has 10 heavy (non-hydrogen) atoms. The van der Waals surface area contributed by atoms with Gasteiger partial charge in [-0.15, -0.1) is 0 Å². The van der Waals surface area contributed by atoms with Crippen LogP contribution in [-0.2, 0) is 5.11 Å². The molecule has 0 rings (SSSR count). The average Bonchev–Trinajstić information content (AvgIpc) is 1.88. The minimum Gasteiger partial charge on any atom is -0.385 e. The lowest BCUT2D eigenvalue weighted by Crippen LogP contribution is -2.25. The van der Waals surface area contributed by atoms with Crippen LogP contribution in [0.2, 0.25) is 0 Å². The van der Waals surface area contributed by atoms with E-state index in [1.54, 1.807) is 0 Å². The molecule has 0 aromatic heterocycles. The summed E-state index contributed by atoms with van der Waals surface area (Å²) in [5.74, 6) is -0.226. The zero-order valence-corrected chi connectivity index (χ0v) is 6.39. The Morgan fingerprint density at radius 2 is 2.20 bits per heavy atom. The van der Waals surface area contributed by atoms with Crippen LogP contribution in [0.15, 0.2) is 0 Å². The molecule has 59 valence electrons. The van der Waals surface area contributed by atoms with Gasteiger partial charge in [-0.2, -0.15) is 0 Å². The van der Waals surface area contributed by atoms with Gasteiger partial charge in [-0.25, -0.2) is 5.11 Å². The number of hydrogen-bond donors (Lipinski definition) is 2. The molecular weight excluding hydrogens is 128 g/mol. The van der Waals surface area contributed by atoms with Crippen LogP contribution < -0.4 is 5.73 Å². The number of rotatable bonds is 5. The predicted octanol–water partition coefficient (Wildman–Crippen LogP) is 1.30. The smallest absolute Gasteiger partial charge is 0.149 e. The summed E-state index contributed by atoms with van der Waals surface area (Å²) in [7, 11) is 0. The van der Waals surface area contributed by atoms with Crippen LogP contribution in [0.4, 0.5) is 0 Å². The maximum Gasteiger partial charge on any atom is 0.149 e. The molecule has 0 aromatic rings. The van der Waals surface area contributed by atoms with Gasteiger partial charge in [-0.1, -0.05) is 26.2 Å². The second kappa shape index (κ2) is 5.23. The fraction of sp³-hybridized carbons (Fsp3) is 0.857. The highest BCUT2D eigenvalue weighted by atomic mass is 16.3. The number of amidine groups is 1. The van der Waals surface area contributed by atoms with Gasteiger partial charge in [0.1, 0.15) is 11.9 Å².